The van der Waals surface area contributed by atoms with Crippen molar-refractivity contribution in [2.24, 2.45) is 0 Å². The molecule has 2 atom stereocenters. The molecule has 29 heavy (non-hydrogen) atoms. The molecule has 2 aliphatic rings. The Hall–Kier alpha value is -1.91. The molecule has 3 heterocycles. The molecule has 0 aliphatic carbocycles. The summed E-state index contributed by atoms with van der Waals surface area (Å²) in [6.07, 6.45) is 0.629. The van der Waals surface area contributed by atoms with Crippen molar-refractivity contribution in [1.29, 1.82) is 0 Å². The number of rotatable bonds is 3. The number of carbonyl (C=O) groups excluding carboxylic acids is 2. The predicted octanol–water partition coefficient (Wildman–Crippen LogP) is 2.33. The Balaban J connectivity index is 1.62. The van der Waals surface area contributed by atoms with Crippen molar-refractivity contribution >= 4 is 57.3 Å². The number of fused-ring (bicyclic) bond motifs is 2. The quantitative estimate of drug-likeness (QED) is 0.656. The zero-order valence-corrected chi connectivity index (χ0v) is 17.5. The van der Waals surface area contributed by atoms with E-state index in [2.05, 4.69) is 10.3 Å². The highest BCUT2D eigenvalue weighted by Gasteiger charge is 2.50. The van der Waals surface area contributed by atoms with Crippen molar-refractivity contribution in [1.82, 2.24) is 9.88 Å². The van der Waals surface area contributed by atoms with Crippen LogP contribution in [0.4, 0.5) is 15.6 Å². The third-order valence-corrected chi connectivity index (χ3v) is 6.61. The van der Waals surface area contributed by atoms with Gasteiger partial charge in [0.1, 0.15) is 4.34 Å². The molecular formula is C18H18Cl2N4O4S. The molecule has 2 aromatic rings. The number of hydrogen-bond donors (Lipinski definition) is 3. The number of aromatic nitrogens is 1. The summed E-state index contributed by atoms with van der Waals surface area (Å²) in [4.78, 5) is 32.4. The van der Waals surface area contributed by atoms with Gasteiger partial charge in [-0.05, 0) is 30.2 Å². The molecule has 0 radical (unpaired) electrons. The van der Waals surface area contributed by atoms with Gasteiger partial charge in [-0.15, -0.1) is 0 Å². The summed E-state index contributed by atoms with van der Waals surface area (Å²) in [5.74, 6) is -0.520. The number of thiazole rings is 1. The molecule has 3 N–H and O–H groups in total. The minimum absolute atomic E-state index is 0.323. The van der Waals surface area contributed by atoms with Gasteiger partial charge >= 0.3 is 6.03 Å². The number of nitrogens with one attached hydrogen (secondary N) is 1. The lowest BCUT2D eigenvalue weighted by Gasteiger charge is -2.26. The monoisotopic (exact) mass is 456 g/mol. The van der Waals surface area contributed by atoms with Crippen molar-refractivity contribution in [2.75, 3.05) is 36.5 Å². The van der Waals surface area contributed by atoms with E-state index in [4.69, 9.17) is 28.3 Å². The maximum atomic E-state index is 12.9. The standard InChI is InChI=1S/C18H18Cl2N4O4S/c19-10-1-2-12-11(5-10)18(3-4-23(8-18)15(27)13(26)7-25)9-24(12)17(28)22-16-21-6-14(20)29-16/h1-2,5-6,13,25-26H,3-4,7-9H2,(H,21,22,28)/t13-,18?/m0/s1. The van der Waals surface area contributed by atoms with Gasteiger partial charge < -0.3 is 15.1 Å². The van der Waals surface area contributed by atoms with Crippen LogP contribution < -0.4 is 10.2 Å². The zero-order chi connectivity index (χ0) is 20.8. The first-order valence-electron chi connectivity index (χ1n) is 8.90. The molecule has 2 aliphatic heterocycles. The Morgan fingerprint density at radius 1 is 1.34 bits per heavy atom. The maximum Gasteiger partial charge on any atom is 0.328 e. The van der Waals surface area contributed by atoms with E-state index >= 15 is 0 Å². The number of urea groups is 1. The van der Waals surface area contributed by atoms with E-state index in [0.29, 0.717) is 46.2 Å². The average molecular weight is 457 g/mol. The summed E-state index contributed by atoms with van der Waals surface area (Å²) in [6, 6.07) is 4.97. The average Bonchev–Trinajstić information content (AvgIpc) is 3.39. The third kappa shape index (κ3) is 3.69. The Labute approximate surface area is 180 Å². The molecule has 0 bridgehead atoms. The van der Waals surface area contributed by atoms with Crippen molar-refractivity contribution < 1.29 is 19.8 Å². The van der Waals surface area contributed by atoms with Crippen LogP contribution in [-0.4, -0.2) is 64.4 Å². The normalized spacial score (nSPS) is 21.5. The highest BCUT2D eigenvalue weighted by Crippen LogP contribution is 2.47. The number of amides is 3. The van der Waals surface area contributed by atoms with E-state index in [-0.39, 0.29) is 6.03 Å². The first kappa shape index (κ1) is 20.4. The largest absolute Gasteiger partial charge is 0.393 e. The van der Waals surface area contributed by atoms with Gasteiger partial charge in [-0.25, -0.2) is 9.78 Å². The first-order chi connectivity index (χ1) is 13.8. The van der Waals surface area contributed by atoms with Crippen molar-refractivity contribution in [2.45, 2.75) is 17.9 Å². The van der Waals surface area contributed by atoms with Crippen LogP contribution in [0.3, 0.4) is 0 Å². The lowest BCUT2D eigenvalue weighted by molar-refractivity contribution is -0.141. The number of likely N-dealkylation sites (tertiary alicyclic amines) is 1. The smallest absolute Gasteiger partial charge is 0.328 e. The second-order valence-corrected chi connectivity index (χ2v) is 9.23. The number of aliphatic hydroxyl groups is 2. The van der Waals surface area contributed by atoms with Gasteiger partial charge in [0.15, 0.2) is 11.2 Å². The Bertz CT molecular complexity index is 971. The fourth-order valence-electron chi connectivity index (χ4n) is 3.99. The number of aliphatic hydroxyl groups excluding tert-OH is 2. The van der Waals surface area contributed by atoms with Crippen LogP contribution in [-0.2, 0) is 10.2 Å². The molecule has 0 saturated carbocycles. The highest BCUT2D eigenvalue weighted by molar-refractivity contribution is 7.19. The van der Waals surface area contributed by atoms with E-state index < -0.39 is 24.0 Å². The first-order valence-corrected chi connectivity index (χ1v) is 10.5. The van der Waals surface area contributed by atoms with Gasteiger partial charge in [-0.3, -0.25) is 15.0 Å². The van der Waals surface area contributed by atoms with Gasteiger partial charge in [0.05, 0.1) is 12.8 Å². The molecular weight excluding hydrogens is 439 g/mol. The van der Waals surface area contributed by atoms with Crippen LogP contribution in [0.15, 0.2) is 24.4 Å². The van der Waals surface area contributed by atoms with Crippen LogP contribution in [0, 0.1) is 0 Å². The summed E-state index contributed by atoms with van der Waals surface area (Å²) in [6.45, 7) is 0.463. The summed E-state index contributed by atoms with van der Waals surface area (Å²) in [5, 5.41) is 22.5. The van der Waals surface area contributed by atoms with E-state index in [1.165, 1.54) is 11.1 Å². The van der Waals surface area contributed by atoms with E-state index in [0.717, 1.165) is 16.9 Å². The van der Waals surface area contributed by atoms with Crippen LogP contribution in [0.2, 0.25) is 9.36 Å². The van der Waals surface area contributed by atoms with Gasteiger partial charge in [0, 0.05) is 35.8 Å². The number of nitrogens with zero attached hydrogens (tertiary/aromatic N) is 3. The molecule has 1 aromatic heterocycles. The van der Waals surface area contributed by atoms with E-state index in [9.17, 15) is 14.7 Å². The highest BCUT2D eigenvalue weighted by atomic mass is 35.5. The number of halogens is 2. The van der Waals surface area contributed by atoms with Gasteiger partial charge in [-0.2, -0.15) is 0 Å². The number of hydrogen-bond acceptors (Lipinski definition) is 6. The summed E-state index contributed by atoms with van der Waals surface area (Å²) < 4.78 is 0.470. The second-order valence-electron chi connectivity index (χ2n) is 7.14. The van der Waals surface area contributed by atoms with Crippen molar-refractivity contribution in [3.05, 3.63) is 39.3 Å². The fraction of sp³-hybridized carbons (Fsp3) is 0.389. The minimum atomic E-state index is -1.44. The summed E-state index contributed by atoms with van der Waals surface area (Å²) in [5.41, 5.74) is 1.10. The van der Waals surface area contributed by atoms with Gasteiger partial charge in [-0.1, -0.05) is 34.5 Å². The molecule has 154 valence electrons. The molecule has 1 unspecified atom stereocenters. The van der Waals surface area contributed by atoms with Gasteiger partial charge in [0.25, 0.3) is 5.91 Å². The molecule has 1 fully saturated rings. The Morgan fingerprint density at radius 3 is 2.83 bits per heavy atom. The SMILES string of the molecule is O=C([C@@H](O)CO)N1CCC2(C1)CN(C(=O)Nc1ncc(Cl)s1)c1ccc(Cl)cc12. The Kier molecular flexibility index (Phi) is 5.43. The molecule has 3 amide bonds. The van der Waals surface area contributed by atoms with Crippen LogP contribution in [0.5, 0.6) is 0 Å². The number of benzene rings is 1. The number of anilines is 2. The zero-order valence-electron chi connectivity index (χ0n) is 15.1. The lowest BCUT2D eigenvalue weighted by Crippen LogP contribution is -2.44. The van der Waals surface area contributed by atoms with Crippen LogP contribution >= 0.6 is 34.5 Å². The van der Waals surface area contributed by atoms with Gasteiger partial charge in [0.2, 0.25) is 0 Å². The fourth-order valence-corrected chi connectivity index (χ4v) is 4.97. The van der Waals surface area contributed by atoms with Crippen molar-refractivity contribution in [3.8, 4) is 0 Å². The molecule has 4 rings (SSSR count). The van der Waals surface area contributed by atoms with Crippen LogP contribution in [0.1, 0.15) is 12.0 Å². The lowest BCUT2D eigenvalue weighted by atomic mass is 9.81. The van der Waals surface area contributed by atoms with E-state index in [1.54, 1.807) is 17.0 Å². The third-order valence-electron chi connectivity index (χ3n) is 5.34. The molecule has 1 aromatic carbocycles. The molecule has 1 spiro atoms. The summed E-state index contributed by atoms with van der Waals surface area (Å²) in [7, 11) is 0. The predicted molar refractivity (Wildman–Crippen MR) is 111 cm³/mol. The topological polar surface area (TPSA) is 106 Å². The second kappa shape index (κ2) is 7.73. The maximum absolute atomic E-state index is 12.9. The number of carbonyl (C=O) groups is 2. The van der Waals surface area contributed by atoms with Crippen LogP contribution in [0.25, 0.3) is 0 Å². The minimum Gasteiger partial charge on any atom is -0.393 e. The molecule has 11 heteroatoms. The molecule has 1 saturated heterocycles. The van der Waals surface area contributed by atoms with Crippen molar-refractivity contribution in [3.63, 3.8) is 0 Å². The Morgan fingerprint density at radius 2 is 2.14 bits per heavy atom. The molecule has 8 nitrogen and oxygen atoms in total. The summed E-state index contributed by atoms with van der Waals surface area (Å²) >= 11 is 13.3. The van der Waals surface area contributed by atoms with E-state index in [1.807, 2.05) is 6.07 Å².